The summed E-state index contributed by atoms with van der Waals surface area (Å²) in [6, 6.07) is 6.28. The second-order valence-electron chi connectivity index (χ2n) is 5.76. The van der Waals surface area contributed by atoms with E-state index in [0.717, 1.165) is 52.9 Å². The maximum atomic E-state index is 4.62. The number of rotatable bonds is 5. The maximum absolute atomic E-state index is 4.62. The Bertz CT molecular complexity index is 827. The van der Waals surface area contributed by atoms with E-state index in [1.165, 1.54) is 5.56 Å². The second kappa shape index (κ2) is 6.73. The number of aryl methyl sites for hydroxylation is 2. The maximum Gasteiger partial charge on any atom is 0.126 e. The van der Waals surface area contributed by atoms with E-state index in [1.807, 2.05) is 24.7 Å². The van der Waals surface area contributed by atoms with Crippen molar-refractivity contribution in [3.05, 3.63) is 48.0 Å². The highest BCUT2D eigenvalue weighted by atomic mass is 15.0. The van der Waals surface area contributed by atoms with Crippen molar-refractivity contribution in [3.8, 4) is 11.3 Å². The average Bonchev–Trinajstić information content (AvgIpc) is 2.55. The van der Waals surface area contributed by atoms with Crippen molar-refractivity contribution in [2.45, 2.75) is 33.6 Å². The number of hydrogen-bond acceptors (Lipinski definition) is 4. The molecular weight excluding hydrogens is 284 g/mol. The zero-order valence-electron chi connectivity index (χ0n) is 13.9. The highest BCUT2D eigenvalue weighted by Gasteiger charge is 2.07. The van der Waals surface area contributed by atoms with Gasteiger partial charge in [0.25, 0.3) is 0 Å². The monoisotopic (exact) mass is 306 g/mol. The second-order valence-corrected chi connectivity index (χ2v) is 5.76. The van der Waals surface area contributed by atoms with Crippen LogP contribution >= 0.6 is 0 Å². The molecule has 118 valence electrons. The summed E-state index contributed by atoms with van der Waals surface area (Å²) >= 11 is 0. The van der Waals surface area contributed by atoms with Crippen LogP contribution in [0.1, 0.15) is 31.5 Å². The predicted molar refractivity (Wildman–Crippen MR) is 95.7 cm³/mol. The molecule has 0 saturated carbocycles. The summed E-state index contributed by atoms with van der Waals surface area (Å²) in [5, 5.41) is 5.41. The van der Waals surface area contributed by atoms with E-state index in [4.69, 9.17) is 0 Å². The fourth-order valence-corrected chi connectivity index (χ4v) is 2.74. The van der Waals surface area contributed by atoms with Crippen molar-refractivity contribution in [1.82, 2.24) is 15.0 Å². The van der Waals surface area contributed by atoms with Crippen LogP contribution in [-0.4, -0.2) is 21.5 Å². The van der Waals surface area contributed by atoms with Gasteiger partial charge in [-0.05, 0) is 44.0 Å². The van der Waals surface area contributed by atoms with Gasteiger partial charge in [0, 0.05) is 47.2 Å². The summed E-state index contributed by atoms with van der Waals surface area (Å²) in [5.74, 6) is 0.885. The lowest BCUT2D eigenvalue weighted by atomic mass is 10.0. The fourth-order valence-electron chi connectivity index (χ4n) is 2.74. The molecule has 0 aliphatic heterocycles. The number of nitrogens with zero attached hydrogens (tertiary/aromatic N) is 3. The van der Waals surface area contributed by atoms with Gasteiger partial charge in [0.05, 0.1) is 5.69 Å². The number of nitrogens with one attached hydrogen (secondary N) is 1. The Labute approximate surface area is 137 Å². The normalized spacial score (nSPS) is 10.9. The molecule has 0 aromatic carbocycles. The lowest BCUT2D eigenvalue weighted by Gasteiger charge is -2.09. The van der Waals surface area contributed by atoms with E-state index >= 15 is 0 Å². The van der Waals surface area contributed by atoms with Gasteiger partial charge in [-0.1, -0.05) is 13.3 Å². The number of fused-ring (bicyclic) bond motifs is 1. The first kappa shape index (κ1) is 15.4. The van der Waals surface area contributed by atoms with Gasteiger partial charge in [-0.15, -0.1) is 0 Å². The minimum Gasteiger partial charge on any atom is -0.370 e. The topological polar surface area (TPSA) is 50.7 Å². The Morgan fingerprint density at radius 1 is 0.913 bits per heavy atom. The van der Waals surface area contributed by atoms with Gasteiger partial charge in [0.15, 0.2) is 0 Å². The van der Waals surface area contributed by atoms with Crippen molar-refractivity contribution in [2.24, 2.45) is 0 Å². The molecule has 0 amide bonds. The van der Waals surface area contributed by atoms with E-state index in [0.29, 0.717) is 0 Å². The van der Waals surface area contributed by atoms with Crippen molar-refractivity contribution in [1.29, 1.82) is 0 Å². The van der Waals surface area contributed by atoms with Crippen LogP contribution in [0.2, 0.25) is 0 Å². The molecule has 23 heavy (non-hydrogen) atoms. The Balaban J connectivity index is 1.98. The van der Waals surface area contributed by atoms with Crippen LogP contribution in [0.3, 0.4) is 0 Å². The third kappa shape index (κ3) is 3.31. The third-order valence-electron chi connectivity index (χ3n) is 3.91. The molecule has 0 spiro atoms. The summed E-state index contributed by atoms with van der Waals surface area (Å²) < 4.78 is 0. The molecule has 3 rings (SSSR count). The van der Waals surface area contributed by atoms with E-state index in [2.05, 4.69) is 53.2 Å². The smallest absolute Gasteiger partial charge is 0.126 e. The van der Waals surface area contributed by atoms with Gasteiger partial charge in [0.1, 0.15) is 5.82 Å². The van der Waals surface area contributed by atoms with E-state index in [-0.39, 0.29) is 0 Å². The largest absolute Gasteiger partial charge is 0.370 e. The third-order valence-corrected chi connectivity index (χ3v) is 3.91. The van der Waals surface area contributed by atoms with Crippen LogP contribution in [-0.2, 0) is 6.42 Å². The minimum atomic E-state index is 0.860. The summed E-state index contributed by atoms with van der Waals surface area (Å²) in [7, 11) is 0. The zero-order valence-corrected chi connectivity index (χ0v) is 13.9. The lowest BCUT2D eigenvalue weighted by Crippen LogP contribution is -1.99. The first-order chi connectivity index (χ1) is 11.2. The van der Waals surface area contributed by atoms with Gasteiger partial charge >= 0.3 is 0 Å². The molecule has 3 heterocycles. The molecule has 3 aromatic rings. The SMILES string of the molecule is CCCc1cc(C)c(-c2cc3cnc(NCC)cc3cn2)cn1. The molecule has 0 fully saturated rings. The highest BCUT2D eigenvalue weighted by Crippen LogP contribution is 2.25. The van der Waals surface area contributed by atoms with Crippen molar-refractivity contribution in [2.75, 3.05) is 11.9 Å². The van der Waals surface area contributed by atoms with Crippen LogP contribution in [0.15, 0.2) is 36.8 Å². The summed E-state index contributed by atoms with van der Waals surface area (Å²) in [5.41, 5.74) is 4.39. The van der Waals surface area contributed by atoms with Gasteiger partial charge in [0.2, 0.25) is 0 Å². The number of pyridine rings is 3. The molecule has 0 atom stereocenters. The Hall–Kier alpha value is -2.49. The first-order valence-corrected chi connectivity index (χ1v) is 8.16. The van der Waals surface area contributed by atoms with E-state index in [1.54, 1.807) is 0 Å². The summed E-state index contributed by atoms with van der Waals surface area (Å²) in [6.07, 6.45) is 7.87. The lowest BCUT2D eigenvalue weighted by molar-refractivity contribution is 0.880. The number of hydrogen-bond donors (Lipinski definition) is 1. The predicted octanol–water partition coefficient (Wildman–Crippen LogP) is 4.38. The van der Waals surface area contributed by atoms with Gasteiger partial charge in [-0.3, -0.25) is 9.97 Å². The number of anilines is 1. The molecule has 0 aliphatic carbocycles. The summed E-state index contributed by atoms with van der Waals surface area (Å²) in [6.45, 7) is 7.21. The molecule has 4 heteroatoms. The average molecular weight is 306 g/mol. The molecule has 0 saturated heterocycles. The highest BCUT2D eigenvalue weighted by molar-refractivity contribution is 5.86. The molecule has 1 N–H and O–H groups in total. The van der Waals surface area contributed by atoms with Gasteiger partial charge in [-0.25, -0.2) is 4.98 Å². The molecule has 3 aromatic heterocycles. The van der Waals surface area contributed by atoms with Crippen LogP contribution in [0, 0.1) is 6.92 Å². The first-order valence-electron chi connectivity index (χ1n) is 8.16. The minimum absolute atomic E-state index is 0.860. The van der Waals surface area contributed by atoms with Crippen molar-refractivity contribution in [3.63, 3.8) is 0 Å². The quantitative estimate of drug-likeness (QED) is 0.760. The van der Waals surface area contributed by atoms with Crippen molar-refractivity contribution >= 4 is 16.6 Å². The van der Waals surface area contributed by atoms with Crippen molar-refractivity contribution < 1.29 is 0 Å². The Morgan fingerprint density at radius 3 is 2.43 bits per heavy atom. The van der Waals surface area contributed by atoms with Crippen LogP contribution in [0.4, 0.5) is 5.82 Å². The fraction of sp³-hybridized carbons (Fsp3) is 0.316. The molecule has 0 unspecified atom stereocenters. The van der Waals surface area contributed by atoms with Crippen LogP contribution in [0.5, 0.6) is 0 Å². The van der Waals surface area contributed by atoms with Crippen LogP contribution < -0.4 is 5.32 Å². The zero-order chi connectivity index (χ0) is 16.2. The van der Waals surface area contributed by atoms with Gasteiger partial charge < -0.3 is 5.32 Å². The molecule has 0 radical (unpaired) electrons. The van der Waals surface area contributed by atoms with Crippen LogP contribution in [0.25, 0.3) is 22.0 Å². The Morgan fingerprint density at radius 2 is 1.70 bits per heavy atom. The standard InChI is InChI=1S/C19H22N4/c1-4-6-16-7-13(3)17(12-21-16)18-8-14-11-23-19(20-5-2)9-15(14)10-22-18/h7-12H,4-6H2,1-3H3,(H,20,23). The van der Waals surface area contributed by atoms with E-state index in [9.17, 15) is 0 Å². The van der Waals surface area contributed by atoms with E-state index < -0.39 is 0 Å². The molecule has 4 nitrogen and oxygen atoms in total. The molecular formula is C19H22N4. The summed E-state index contributed by atoms with van der Waals surface area (Å²) in [4.78, 5) is 13.6. The molecule has 0 bridgehead atoms. The molecule has 0 aliphatic rings. The Kier molecular flexibility index (Phi) is 4.51. The van der Waals surface area contributed by atoms with Gasteiger partial charge in [-0.2, -0.15) is 0 Å². The number of aromatic nitrogens is 3.